The minimum absolute atomic E-state index is 0.00146. The van der Waals surface area contributed by atoms with E-state index in [2.05, 4.69) is 37.3 Å². The number of pyridine rings is 2. The second kappa shape index (κ2) is 10.8. The summed E-state index contributed by atoms with van der Waals surface area (Å²) in [5, 5.41) is 14.5. The molecular weight excluding hydrogens is 496 g/mol. The van der Waals surface area contributed by atoms with Crippen LogP contribution in [0.25, 0.3) is 21.9 Å². The molecular formula is C29H32N6O4. The zero-order chi connectivity index (χ0) is 26.8. The van der Waals surface area contributed by atoms with E-state index in [1.165, 1.54) is 0 Å². The summed E-state index contributed by atoms with van der Waals surface area (Å²) in [5.41, 5.74) is 3.14. The maximum atomic E-state index is 13.1. The predicted molar refractivity (Wildman–Crippen MR) is 148 cm³/mol. The molecule has 2 aliphatic heterocycles. The van der Waals surface area contributed by atoms with Gasteiger partial charge < -0.3 is 29.9 Å². The Hall–Kier alpha value is -4.34. The molecule has 3 N–H and O–H groups in total. The standard InChI is InChI=1S/C29H32N6O4/c36-28(37)20-3-5-22(6-4-20)39-18-19-2-1-13-35(17-19)29(38)33-21-9-14-34(15-10-21)25-8-12-30-24-16-32-27-23(26(24)25)7-11-31-27/h3-8,11-12,16,19,21H,1-2,9-10,13-15,17-18H2,(H,31,32)(H,33,38)(H,36,37). The van der Waals surface area contributed by atoms with Gasteiger partial charge in [-0.3, -0.25) is 4.98 Å². The normalized spacial score (nSPS) is 18.4. The Kier molecular flexibility index (Phi) is 6.91. The quantitative estimate of drug-likeness (QED) is 0.341. The topological polar surface area (TPSA) is 124 Å². The van der Waals surface area contributed by atoms with Gasteiger partial charge in [-0.1, -0.05) is 0 Å². The Balaban J connectivity index is 1.02. The highest BCUT2D eigenvalue weighted by atomic mass is 16.5. The number of carboxylic acids is 1. The van der Waals surface area contributed by atoms with Crippen LogP contribution in [0.3, 0.4) is 0 Å². The van der Waals surface area contributed by atoms with Crippen LogP contribution in [0.1, 0.15) is 36.0 Å². The third kappa shape index (κ3) is 5.32. The summed E-state index contributed by atoms with van der Waals surface area (Å²) in [6.45, 7) is 3.61. The van der Waals surface area contributed by atoms with Crippen LogP contribution in [0.2, 0.25) is 0 Å². The largest absolute Gasteiger partial charge is 0.493 e. The van der Waals surface area contributed by atoms with Crippen LogP contribution in [0.5, 0.6) is 5.75 Å². The summed E-state index contributed by atoms with van der Waals surface area (Å²) in [6.07, 6.45) is 9.26. The molecule has 2 fully saturated rings. The number of H-pyrrole nitrogens is 1. The van der Waals surface area contributed by atoms with Crippen LogP contribution < -0.4 is 15.0 Å². The minimum atomic E-state index is -0.956. The van der Waals surface area contributed by atoms with E-state index >= 15 is 0 Å². The number of aromatic nitrogens is 3. The number of anilines is 1. The van der Waals surface area contributed by atoms with Crippen LogP contribution in [-0.2, 0) is 0 Å². The molecule has 10 heteroatoms. The molecule has 0 bridgehead atoms. The maximum Gasteiger partial charge on any atom is 0.335 e. The zero-order valence-corrected chi connectivity index (χ0v) is 21.7. The number of aromatic carboxylic acids is 1. The summed E-state index contributed by atoms with van der Waals surface area (Å²) < 4.78 is 5.90. The summed E-state index contributed by atoms with van der Waals surface area (Å²) in [7, 11) is 0. The fourth-order valence-electron chi connectivity index (χ4n) is 5.72. The summed E-state index contributed by atoms with van der Waals surface area (Å²) in [5.74, 6) is -0.0725. The number of carbonyl (C=O) groups excluding carboxylic acids is 1. The summed E-state index contributed by atoms with van der Waals surface area (Å²) in [4.78, 5) is 40.6. The molecule has 202 valence electrons. The first-order valence-electron chi connectivity index (χ1n) is 13.5. The van der Waals surface area contributed by atoms with Crippen LogP contribution in [0.15, 0.2) is 55.0 Å². The Morgan fingerprint density at radius 2 is 1.87 bits per heavy atom. The lowest BCUT2D eigenvalue weighted by Crippen LogP contribution is -2.52. The van der Waals surface area contributed by atoms with Crippen molar-refractivity contribution < 1.29 is 19.4 Å². The minimum Gasteiger partial charge on any atom is -0.493 e. The maximum absolute atomic E-state index is 13.1. The lowest BCUT2D eigenvalue weighted by Gasteiger charge is -2.37. The predicted octanol–water partition coefficient (Wildman–Crippen LogP) is 4.28. The molecule has 0 radical (unpaired) electrons. The number of nitrogens with zero attached hydrogens (tertiary/aromatic N) is 4. The molecule has 0 spiro atoms. The SMILES string of the molecule is O=C(O)c1ccc(OCC2CCCN(C(=O)NC3CCN(c4ccnc5cnc6[nH]ccc6c45)CC3)C2)cc1. The van der Waals surface area contributed by atoms with Crippen molar-refractivity contribution >= 4 is 39.6 Å². The molecule has 1 atom stereocenters. The van der Waals surface area contributed by atoms with Gasteiger partial charge in [-0.15, -0.1) is 0 Å². The number of piperidine rings is 2. The number of carbonyl (C=O) groups is 2. The molecule has 39 heavy (non-hydrogen) atoms. The van der Waals surface area contributed by atoms with Crippen molar-refractivity contribution in [3.8, 4) is 5.75 Å². The van der Waals surface area contributed by atoms with Gasteiger partial charge in [-0.2, -0.15) is 0 Å². The molecule has 0 saturated carbocycles. The van der Waals surface area contributed by atoms with Gasteiger partial charge in [0, 0.05) is 67.0 Å². The number of urea groups is 1. The molecule has 3 aromatic heterocycles. The van der Waals surface area contributed by atoms with Crippen molar-refractivity contribution in [2.45, 2.75) is 31.7 Å². The van der Waals surface area contributed by atoms with Crippen LogP contribution >= 0.6 is 0 Å². The highest BCUT2D eigenvalue weighted by molar-refractivity contribution is 6.10. The number of fused-ring (bicyclic) bond motifs is 3. The first kappa shape index (κ1) is 25.0. The number of benzene rings is 1. The Morgan fingerprint density at radius 3 is 2.67 bits per heavy atom. The lowest BCUT2D eigenvalue weighted by molar-refractivity contribution is 0.0696. The van der Waals surface area contributed by atoms with E-state index in [1.807, 2.05) is 23.5 Å². The van der Waals surface area contributed by atoms with Gasteiger partial charge in [0.2, 0.25) is 0 Å². The highest BCUT2D eigenvalue weighted by Gasteiger charge is 2.28. The first-order valence-corrected chi connectivity index (χ1v) is 13.5. The highest BCUT2D eigenvalue weighted by Crippen LogP contribution is 2.32. The van der Waals surface area contributed by atoms with Crippen LogP contribution in [0, 0.1) is 5.92 Å². The van der Waals surface area contributed by atoms with E-state index in [0.717, 1.165) is 72.9 Å². The summed E-state index contributed by atoms with van der Waals surface area (Å²) >= 11 is 0. The van der Waals surface area contributed by atoms with Crippen molar-refractivity contribution in [3.05, 3.63) is 60.6 Å². The van der Waals surface area contributed by atoms with Crippen molar-refractivity contribution in [1.29, 1.82) is 0 Å². The average Bonchev–Trinajstić information content (AvgIpc) is 3.46. The third-order valence-corrected chi connectivity index (χ3v) is 7.83. The Labute approximate surface area is 226 Å². The van der Waals surface area contributed by atoms with E-state index in [0.29, 0.717) is 18.9 Å². The molecule has 0 aliphatic carbocycles. The van der Waals surface area contributed by atoms with Gasteiger partial charge in [-0.05, 0) is 62.1 Å². The zero-order valence-electron chi connectivity index (χ0n) is 21.7. The van der Waals surface area contributed by atoms with Crippen molar-refractivity contribution in [1.82, 2.24) is 25.2 Å². The van der Waals surface area contributed by atoms with Gasteiger partial charge in [0.25, 0.3) is 0 Å². The lowest BCUT2D eigenvalue weighted by atomic mass is 9.99. The van der Waals surface area contributed by atoms with E-state index in [-0.39, 0.29) is 23.6 Å². The van der Waals surface area contributed by atoms with E-state index < -0.39 is 5.97 Å². The third-order valence-electron chi connectivity index (χ3n) is 7.83. The molecule has 2 aliphatic rings. The number of amides is 2. The molecule has 5 heterocycles. The number of hydrogen-bond donors (Lipinski definition) is 3. The number of likely N-dealkylation sites (tertiary alicyclic amines) is 1. The van der Waals surface area contributed by atoms with Gasteiger partial charge in [0.05, 0.1) is 23.9 Å². The molecule has 1 aromatic carbocycles. The van der Waals surface area contributed by atoms with Crippen molar-refractivity contribution in [3.63, 3.8) is 0 Å². The molecule has 4 aromatic rings. The molecule has 10 nitrogen and oxygen atoms in total. The van der Waals surface area contributed by atoms with E-state index in [4.69, 9.17) is 9.84 Å². The average molecular weight is 529 g/mol. The van der Waals surface area contributed by atoms with Gasteiger partial charge in [0.1, 0.15) is 11.4 Å². The fourth-order valence-corrected chi connectivity index (χ4v) is 5.72. The molecule has 6 rings (SSSR count). The van der Waals surface area contributed by atoms with Crippen LogP contribution in [-0.4, -0.2) is 75.8 Å². The number of aromatic amines is 1. The summed E-state index contributed by atoms with van der Waals surface area (Å²) in [6, 6.07) is 10.7. The molecule has 1 unspecified atom stereocenters. The second-order valence-electron chi connectivity index (χ2n) is 10.4. The molecule has 2 amide bonds. The van der Waals surface area contributed by atoms with E-state index in [1.54, 1.807) is 24.3 Å². The number of nitrogens with one attached hydrogen (secondary N) is 2. The van der Waals surface area contributed by atoms with Gasteiger partial charge in [0.15, 0.2) is 0 Å². The van der Waals surface area contributed by atoms with Crippen molar-refractivity contribution in [2.75, 3.05) is 37.7 Å². The number of hydrogen-bond acceptors (Lipinski definition) is 6. The van der Waals surface area contributed by atoms with Crippen LogP contribution in [0.4, 0.5) is 10.5 Å². The number of carboxylic acid groups (broad SMARTS) is 1. The van der Waals surface area contributed by atoms with Crippen molar-refractivity contribution in [2.24, 2.45) is 5.92 Å². The monoisotopic (exact) mass is 528 g/mol. The van der Waals surface area contributed by atoms with E-state index in [9.17, 15) is 9.59 Å². The number of ether oxygens (including phenoxy) is 1. The van der Waals surface area contributed by atoms with Gasteiger partial charge >= 0.3 is 12.0 Å². The second-order valence-corrected chi connectivity index (χ2v) is 10.4. The smallest absolute Gasteiger partial charge is 0.335 e. The fraction of sp³-hybridized carbons (Fsp3) is 0.379. The Morgan fingerprint density at radius 1 is 1.05 bits per heavy atom. The molecule has 2 saturated heterocycles. The Bertz CT molecular complexity index is 1480. The number of rotatable bonds is 6. The van der Waals surface area contributed by atoms with Gasteiger partial charge in [-0.25, -0.2) is 14.6 Å². The first-order chi connectivity index (χ1) is 19.0.